The van der Waals surface area contributed by atoms with Crippen molar-refractivity contribution in [1.82, 2.24) is 10.1 Å². The summed E-state index contributed by atoms with van der Waals surface area (Å²) in [4.78, 5) is 4.25. The first-order valence-corrected chi connectivity index (χ1v) is 6.69. The van der Waals surface area contributed by atoms with Crippen LogP contribution in [-0.4, -0.2) is 35.1 Å². The summed E-state index contributed by atoms with van der Waals surface area (Å²) in [7, 11) is 1.54. The maximum atomic E-state index is 9.58. The molecule has 102 valence electrons. The highest BCUT2D eigenvalue weighted by Crippen LogP contribution is 2.14. The molecule has 0 spiro atoms. The van der Waals surface area contributed by atoms with Gasteiger partial charge in [0.15, 0.2) is 5.82 Å². The van der Waals surface area contributed by atoms with Crippen LogP contribution in [0.15, 0.2) is 33.3 Å². The summed E-state index contributed by atoms with van der Waals surface area (Å²) < 4.78 is 11.0. The standard InChI is InChI=1S/C13H15BrN2O3/c1-18-8-11(17)7-13-15-12(16-19-13)6-9-3-2-4-10(14)5-9/h2-5,11,17H,6-8H2,1H3. The van der Waals surface area contributed by atoms with Crippen LogP contribution in [0.4, 0.5) is 0 Å². The normalized spacial score (nSPS) is 12.6. The second-order valence-electron chi connectivity index (χ2n) is 4.22. The number of rotatable bonds is 6. The summed E-state index contributed by atoms with van der Waals surface area (Å²) in [6.45, 7) is 0.253. The lowest BCUT2D eigenvalue weighted by Crippen LogP contribution is -2.17. The molecule has 2 rings (SSSR count). The third kappa shape index (κ3) is 4.41. The Balaban J connectivity index is 1.97. The fourth-order valence-electron chi connectivity index (χ4n) is 1.73. The van der Waals surface area contributed by atoms with Crippen molar-refractivity contribution < 1.29 is 14.4 Å². The van der Waals surface area contributed by atoms with E-state index in [4.69, 9.17) is 9.26 Å². The van der Waals surface area contributed by atoms with Gasteiger partial charge in [-0.3, -0.25) is 0 Å². The Morgan fingerprint density at radius 3 is 3.05 bits per heavy atom. The molecule has 0 bridgehead atoms. The van der Waals surface area contributed by atoms with Gasteiger partial charge >= 0.3 is 0 Å². The largest absolute Gasteiger partial charge is 0.390 e. The molecule has 1 unspecified atom stereocenters. The molecule has 5 nitrogen and oxygen atoms in total. The average molecular weight is 327 g/mol. The Hall–Kier alpha value is -1.24. The molecule has 0 saturated heterocycles. The van der Waals surface area contributed by atoms with E-state index in [0.717, 1.165) is 10.0 Å². The predicted octanol–water partition coefficient (Wildman–Crippen LogP) is 1.97. The number of hydrogen-bond donors (Lipinski definition) is 1. The van der Waals surface area contributed by atoms with Crippen LogP contribution in [0, 0.1) is 0 Å². The lowest BCUT2D eigenvalue weighted by Gasteiger charge is -2.04. The number of aliphatic hydroxyl groups is 1. The van der Waals surface area contributed by atoms with Crippen LogP contribution in [0.2, 0.25) is 0 Å². The third-order valence-corrected chi connectivity index (χ3v) is 3.02. The molecule has 0 fully saturated rings. The Labute approximate surface area is 119 Å². The first-order chi connectivity index (χ1) is 9.17. The molecular formula is C13H15BrN2O3. The number of methoxy groups -OCH3 is 1. The van der Waals surface area contributed by atoms with Crippen molar-refractivity contribution in [2.45, 2.75) is 18.9 Å². The molecule has 0 aliphatic rings. The summed E-state index contributed by atoms with van der Waals surface area (Å²) in [5.74, 6) is 1.03. The van der Waals surface area contributed by atoms with Gasteiger partial charge in [0.05, 0.1) is 19.1 Å². The number of halogens is 1. The van der Waals surface area contributed by atoms with Crippen molar-refractivity contribution in [3.63, 3.8) is 0 Å². The van der Waals surface area contributed by atoms with Gasteiger partial charge in [0.1, 0.15) is 0 Å². The molecule has 1 aromatic carbocycles. The van der Waals surface area contributed by atoms with Crippen molar-refractivity contribution in [2.75, 3.05) is 13.7 Å². The van der Waals surface area contributed by atoms with Crippen molar-refractivity contribution in [3.05, 3.63) is 46.0 Å². The lowest BCUT2D eigenvalue weighted by molar-refractivity contribution is 0.0599. The highest BCUT2D eigenvalue weighted by Gasteiger charge is 2.12. The molecule has 1 aromatic heterocycles. The highest BCUT2D eigenvalue weighted by atomic mass is 79.9. The number of benzene rings is 1. The molecule has 1 atom stereocenters. The minimum Gasteiger partial charge on any atom is -0.390 e. The fourth-order valence-corrected chi connectivity index (χ4v) is 2.17. The van der Waals surface area contributed by atoms with Crippen LogP contribution in [0.1, 0.15) is 17.3 Å². The Morgan fingerprint density at radius 2 is 2.32 bits per heavy atom. The van der Waals surface area contributed by atoms with Gasteiger partial charge < -0.3 is 14.4 Å². The molecule has 0 amide bonds. The summed E-state index contributed by atoms with van der Waals surface area (Å²) in [5.41, 5.74) is 1.10. The van der Waals surface area contributed by atoms with E-state index in [2.05, 4.69) is 26.1 Å². The molecule has 0 radical (unpaired) electrons. The van der Waals surface area contributed by atoms with Gasteiger partial charge in [-0.05, 0) is 17.7 Å². The summed E-state index contributed by atoms with van der Waals surface area (Å²) in [6.07, 6.45) is 0.284. The van der Waals surface area contributed by atoms with Crippen molar-refractivity contribution in [1.29, 1.82) is 0 Å². The second-order valence-corrected chi connectivity index (χ2v) is 5.14. The van der Waals surface area contributed by atoms with Gasteiger partial charge in [-0.15, -0.1) is 0 Å². The molecule has 0 aliphatic heterocycles. The summed E-state index contributed by atoms with van der Waals surface area (Å²) in [5, 5.41) is 13.5. The Bertz CT molecular complexity index is 530. The van der Waals surface area contributed by atoms with Crippen molar-refractivity contribution >= 4 is 15.9 Å². The Kier molecular flexibility index (Phi) is 5.07. The van der Waals surface area contributed by atoms with E-state index in [1.807, 2.05) is 24.3 Å². The van der Waals surface area contributed by atoms with Gasteiger partial charge in [-0.1, -0.05) is 33.2 Å². The summed E-state index contributed by atoms with van der Waals surface area (Å²) >= 11 is 3.42. The fraction of sp³-hybridized carbons (Fsp3) is 0.385. The van der Waals surface area contributed by atoms with Gasteiger partial charge in [0, 0.05) is 18.0 Å². The molecule has 1 N–H and O–H groups in total. The average Bonchev–Trinajstić information content (AvgIpc) is 2.76. The zero-order valence-corrected chi connectivity index (χ0v) is 12.1. The van der Waals surface area contributed by atoms with Crippen LogP contribution in [0.3, 0.4) is 0 Å². The predicted molar refractivity (Wildman–Crippen MR) is 72.8 cm³/mol. The second kappa shape index (κ2) is 6.79. The smallest absolute Gasteiger partial charge is 0.229 e. The minimum absolute atomic E-state index is 0.253. The van der Waals surface area contributed by atoms with Crippen LogP contribution in [0.5, 0.6) is 0 Å². The lowest BCUT2D eigenvalue weighted by atomic mass is 10.1. The topological polar surface area (TPSA) is 68.4 Å². The van der Waals surface area contributed by atoms with Crippen LogP contribution >= 0.6 is 15.9 Å². The van der Waals surface area contributed by atoms with Gasteiger partial charge in [0.2, 0.25) is 5.89 Å². The van der Waals surface area contributed by atoms with E-state index in [9.17, 15) is 5.11 Å². The van der Waals surface area contributed by atoms with Crippen LogP contribution in [0.25, 0.3) is 0 Å². The molecule has 1 heterocycles. The van der Waals surface area contributed by atoms with E-state index < -0.39 is 6.10 Å². The minimum atomic E-state index is -0.621. The number of nitrogens with zero attached hydrogens (tertiary/aromatic N) is 2. The maximum absolute atomic E-state index is 9.58. The van der Waals surface area contributed by atoms with E-state index in [1.165, 1.54) is 7.11 Å². The number of aromatic nitrogens is 2. The molecule has 2 aromatic rings. The first-order valence-electron chi connectivity index (χ1n) is 5.90. The van der Waals surface area contributed by atoms with E-state index in [0.29, 0.717) is 24.6 Å². The SMILES string of the molecule is COCC(O)Cc1nc(Cc2cccc(Br)c2)no1. The van der Waals surface area contributed by atoms with Crippen LogP contribution < -0.4 is 0 Å². The maximum Gasteiger partial charge on any atom is 0.229 e. The van der Waals surface area contributed by atoms with Crippen molar-refractivity contribution in [2.24, 2.45) is 0 Å². The van der Waals surface area contributed by atoms with Gasteiger partial charge in [0.25, 0.3) is 0 Å². The number of ether oxygens (including phenoxy) is 1. The van der Waals surface area contributed by atoms with E-state index in [1.54, 1.807) is 0 Å². The zero-order chi connectivity index (χ0) is 13.7. The number of hydrogen-bond acceptors (Lipinski definition) is 5. The molecule has 6 heteroatoms. The van der Waals surface area contributed by atoms with Crippen molar-refractivity contribution in [3.8, 4) is 0 Å². The summed E-state index contributed by atoms with van der Waals surface area (Å²) in [6, 6.07) is 7.94. The zero-order valence-electron chi connectivity index (χ0n) is 10.5. The monoisotopic (exact) mass is 326 g/mol. The molecular weight excluding hydrogens is 312 g/mol. The number of aliphatic hydroxyl groups excluding tert-OH is 1. The Morgan fingerprint density at radius 1 is 1.47 bits per heavy atom. The molecule has 0 saturated carbocycles. The molecule has 0 aliphatic carbocycles. The van der Waals surface area contributed by atoms with E-state index >= 15 is 0 Å². The van der Waals surface area contributed by atoms with Gasteiger partial charge in [-0.25, -0.2) is 0 Å². The van der Waals surface area contributed by atoms with E-state index in [-0.39, 0.29) is 6.61 Å². The third-order valence-electron chi connectivity index (χ3n) is 2.53. The van der Waals surface area contributed by atoms with Crippen LogP contribution in [-0.2, 0) is 17.6 Å². The van der Waals surface area contributed by atoms with Gasteiger partial charge in [-0.2, -0.15) is 4.98 Å². The highest BCUT2D eigenvalue weighted by molar-refractivity contribution is 9.10. The first kappa shape index (κ1) is 14.2. The molecule has 19 heavy (non-hydrogen) atoms. The quantitative estimate of drug-likeness (QED) is 0.879.